The lowest BCUT2D eigenvalue weighted by molar-refractivity contribution is 0.0410. The Labute approximate surface area is 145 Å². The van der Waals surface area contributed by atoms with Crippen molar-refractivity contribution in [2.75, 3.05) is 32.5 Å². The first kappa shape index (κ1) is 17.2. The first-order valence-electron chi connectivity index (χ1n) is 9.23. The number of amides is 1. The van der Waals surface area contributed by atoms with Crippen molar-refractivity contribution in [2.45, 2.75) is 57.0 Å². The maximum atomic E-state index is 12.8. The van der Waals surface area contributed by atoms with Gasteiger partial charge in [0.05, 0.1) is 0 Å². The summed E-state index contributed by atoms with van der Waals surface area (Å²) >= 11 is 0. The van der Waals surface area contributed by atoms with E-state index in [9.17, 15) is 4.79 Å². The van der Waals surface area contributed by atoms with Crippen molar-refractivity contribution < 1.29 is 4.79 Å². The molecule has 1 aromatic rings. The van der Waals surface area contributed by atoms with E-state index in [0.717, 1.165) is 43.7 Å². The second-order valence-corrected chi connectivity index (χ2v) is 7.47. The highest BCUT2D eigenvalue weighted by Gasteiger charge is 2.36. The van der Waals surface area contributed by atoms with Crippen molar-refractivity contribution in [1.29, 1.82) is 0 Å². The van der Waals surface area contributed by atoms with Crippen LogP contribution >= 0.6 is 0 Å². The summed E-state index contributed by atoms with van der Waals surface area (Å²) in [5, 5.41) is 3.43. The molecule has 2 aliphatic rings. The van der Waals surface area contributed by atoms with Gasteiger partial charge in [0.25, 0.3) is 5.91 Å². The predicted molar refractivity (Wildman–Crippen MR) is 97.3 cm³/mol. The molecule has 1 saturated carbocycles. The fraction of sp³-hybridized carbons (Fsp3) is 0.684. The number of pyridine rings is 1. The molecule has 1 aromatic heterocycles. The summed E-state index contributed by atoms with van der Waals surface area (Å²) in [5.74, 6) is 0.969. The molecule has 1 aliphatic heterocycles. The van der Waals surface area contributed by atoms with Crippen LogP contribution in [0.2, 0.25) is 0 Å². The Kier molecular flexibility index (Phi) is 5.09. The van der Waals surface area contributed by atoms with Gasteiger partial charge in [0.2, 0.25) is 0 Å². The van der Waals surface area contributed by atoms with E-state index in [0.29, 0.717) is 6.04 Å². The van der Waals surface area contributed by atoms with Gasteiger partial charge in [-0.3, -0.25) is 4.79 Å². The highest BCUT2D eigenvalue weighted by Crippen LogP contribution is 2.31. The number of hydrogen-bond acceptors (Lipinski definition) is 4. The summed E-state index contributed by atoms with van der Waals surface area (Å²) in [7, 11) is 4.31. The lowest BCUT2D eigenvalue weighted by atomic mass is 9.83. The monoisotopic (exact) mass is 330 g/mol. The molecule has 24 heavy (non-hydrogen) atoms. The molecule has 1 N–H and O–H groups in total. The van der Waals surface area contributed by atoms with Gasteiger partial charge in [-0.05, 0) is 64.8 Å². The van der Waals surface area contributed by atoms with E-state index in [-0.39, 0.29) is 11.4 Å². The van der Waals surface area contributed by atoms with Crippen LogP contribution in [0.1, 0.15) is 55.8 Å². The third-order valence-corrected chi connectivity index (χ3v) is 6.05. The number of aromatic nitrogens is 1. The Morgan fingerprint density at radius 1 is 1.38 bits per heavy atom. The molecule has 1 saturated heterocycles. The van der Waals surface area contributed by atoms with Gasteiger partial charge in [0.15, 0.2) is 0 Å². The maximum absolute atomic E-state index is 12.8. The van der Waals surface area contributed by atoms with Crippen LogP contribution < -0.4 is 5.32 Å². The standard InChI is InChI=1S/C19H30N4O/c1-4-19(22(2)3)9-12-23(13-10-19)18(24)15-8-11-20-17(14-15)21-16-6-5-7-16/h8,11,14,16H,4-7,9-10,12-13H2,1-3H3,(H,20,21). The summed E-state index contributed by atoms with van der Waals surface area (Å²) in [5.41, 5.74) is 0.993. The number of carbonyl (C=O) groups is 1. The zero-order valence-corrected chi connectivity index (χ0v) is 15.2. The minimum atomic E-state index is 0.137. The molecule has 3 rings (SSSR count). The molecule has 1 aliphatic carbocycles. The SMILES string of the molecule is CCC1(N(C)C)CCN(C(=O)c2ccnc(NC3CCC3)c2)CC1. The van der Waals surface area contributed by atoms with Crippen molar-refractivity contribution in [2.24, 2.45) is 0 Å². The van der Waals surface area contributed by atoms with Gasteiger partial charge in [0.1, 0.15) is 5.82 Å². The van der Waals surface area contributed by atoms with Crippen molar-refractivity contribution in [3.63, 3.8) is 0 Å². The molecule has 2 fully saturated rings. The zero-order chi connectivity index (χ0) is 17.2. The molecular weight excluding hydrogens is 300 g/mol. The Balaban J connectivity index is 1.63. The first-order chi connectivity index (χ1) is 11.5. The van der Waals surface area contributed by atoms with E-state index in [2.05, 4.69) is 36.2 Å². The minimum Gasteiger partial charge on any atom is -0.367 e. The summed E-state index contributed by atoms with van der Waals surface area (Å²) in [4.78, 5) is 21.5. The smallest absolute Gasteiger partial charge is 0.254 e. The first-order valence-corrected chi connectivity index (χ1v) is 9.23. The average Bonchev–Trinajstić information content (AvgIpc) is 2.57. The summed E-state index contributed by atoms with van der Waals surface area (Å²) in [6, 6.07) is 4.28. The van der Waals surface area contributed by atoms with Gasteiger partial charge in [0, 0.05) is 36.4 Å². The van der Waals surface area contributed by atoms with Gasteiger partial charge in [-0.1, -0.05) is 6.92 Å². The molecule has 5 nitrogen and oxygen atoms in total. The molecule has 1 amide bonds. The fourth-order valence-electron chi connectivity index (χ4n) is 3.83. The van der Waals surface area contributed by atoms with Crippen molar-refractivity contribution in [1.82, 2.24) is 14.8 Å². The van der Waals surface area contributed by atoms with E-state index in [1.807, 2.05) is 17.0 Å². The number of anilines is 1. The Hall–Kier alpha value is -1.62. The van der Waals surface area contributed by atoms with Crippen LogP contribution in [0, 0.1) is 0 Å². The Morgan fingerprint density at radius 2 is 2.08 bits per heavy atom. The van der Waals surface area contributed by atoms with E-state index in [1.165, 1.54) is 19.3 Å². The largest absolute Gasteiger partial charge is 0.367 e. The molecule has 0 bridgehead atoms. The van der Waals surface area contributed by atoms with Crippen molar-refractivity contribution in [3.8, 4) is 0 Å². The van der Waals surface area contributed by atoms with Crippen LogP contribution in [0.4, 0.5) is 5.82 Å². The third kappa shape index (κ3) is 3.41. The quantitative estimate of drug-likeness (QED) is 0.902. The van der Waals surface area contributed by atoms with Crippen LogP contribution in [-0.4, -0.2) is 59.5 Å². The molecule has 2 heterocycles. The number of likely N-dealkylation sites (tertiary alicyclic amines) is 1. The normalized spacial score (nSPS) is 20.8. The Morgan fingerprint density at radius 3 is 2.62 bits per heavy atom. The molecule has 0 atom stereocenters. The van der Waals surface area contributed by atoms with Gasteiger partial charge < -0.3 is 15.1 Å². The number of piperidine rings is 1. The van der Waals surface area contributed by atoms with Gasteiger partial charge in [-0.25, -0.2) is 4.98 Å². The van der Waals surface area contributed by atoms with E-state index in [1.54, 1.807) is 6.20 Å². The van der Waals surface area contributed by atoms with Crippen LogP contribution in [0.3, 0.4) is 0 Å². The van der Waals surface area contributed by atoms with Crippen molar-refractivity contribution in [3.05, 3.63) is 23.9 Å². The number of carbonyl (C=O) groups excluding carboxylic acids is 1. The van der Waals surface area contributed by atoms with Gasteiger partial charge in [-0.15, -0.1) is 0 Å². The Bertz CT molecular complexity index is 574. The molecule has 132 valence electrons. The third-order valence-electron chi connectivity index (χ3n) is 6.05. The molecule has 0 aromatic carbocycles. The van der Waals surface area contributed by atoms with Crippen LogP contribution in [-0.2, 0) is 0 Å². The molecule has 0 spiro atoms. The number of nitrogens with one attached hydrogen (secondary N) is 1. The highest BCUT2D eigenvalue weighted by atomic mass is 16.2. The molecule has 5 heteroatoms. The highest BCUT2D eigenvalue weighted by molar-refractivity contribution is 5.94. The van der Waals surface area contributed by atoms with Crippen molar-refractivity contribution >= 4 is 11.7 Å². The summed E-state index contributed by atoms with van der Waals surface area (Å²) in [6.45, 7) is 3.91. The second kappa shape index (κ2) is 7.09. The summed E-state index contributed by atoms with van der Waals surface area (Å²) < 4.78 is 0. The average molecular weight is 330 g/mol. The molecular formula is C19H30N4O. The van der Waals surface area contributed by atoms with Crippen LogP contribution in [0.5, 0.6) is 0 Å². The van der Waals surface area contributed by atoms with Crippen LogP contribution in [0.15, 0.2) is 18.3 Å². The fourth-order valence-corrected chi connectivity index (χ4v) is 3.83. The van der Waals surface area contributed by atoms with Crippen LogP contribution in [0.25, 0.3) is 0 Å². The number of rotatable bonds is 5. The lowest BCUT2D eigenvalue weighted by Crippen LogP contribution is -2.53. The van der Waals surface area contributed by atoms with E-state index in [4.69, 9.17) is 0 Å². The second-order valence-electron chi connectivity index (χ2n) is 7.47. The molecule has 0 unspecified atom stereocenters. The van der Waals surface area contributed by atoms with Gasteiger partial charge >= 0.3 is 0 Å². The topological polar surface area (TPSA) is 48.5 Å². The number of hydrogen-bond donors (Lipinski definition) is 1. The van der Waals surface area contributed by atoms with E-state index < -0.39 is 0 Å². The van der Waals surface area contributed by atoms with E-state index >= 15 is 0 Å². The molecule has 0 radical (unpaired) electrons. The van der Waals surface area contributed by atoms with Gasteiger partial charge in [-0.2, -0.15) is 0 Å². The number of nitrogens with zero attached hydrogens (tertiary/aromatic N) is 3. The predicted octanol–water partition coefficient (Wildman–Crippen LogP) is 2.99. The summed E-state index contributed by atoms with van der Waals surface area (Å²) in [6.07, 6.45) is 8.66. The zero-order valence-electron chi connectivity index (χ0n) is 15.2. The minimum absolute atomic E-state index is 0.137. The maximum Gasteiger partial charge on any atom is 0.254 e. The lowest BCUT2D eigenvalue weighted by Gasteiger charge is -2.45.